The van der Waals surface area contributed by atoms with Crippen LogP contribution in [0.5, 0.6) is 0 Å². The number of aromatic nitrogens is 12. The van der Waals surface area contributed by atoms with Gasteiger partial charge < -0.3 is 4.74 Å². The Kier molecular flexibility index (Phi) is 22.5. The Morgan fingerprint density at radius 3 is 1.31 bits per heavy atom. The average molecular weight is 1300 g/mol. The molecule has 470 valence electrons. The van der Waals surface area contributed by atoms with E-state index >= 15 is 0 Å². The van der Waals surface area contributed by atoms with Gasteiger partial charge in [0.25, 0.3) is 0 Å². The van der Waals surface area contributed by atoms with Crippen molar-refractivity contribution in [3.05, 3.63) is 178 Å². The van der Waals surface area contributed by atoms with Crippen LogP contribution in [0, 0.1) is 35.2 Å². The van der Waals surface area contributed by atoms with Gasteiger partial charge >= 0.3 is 0 Å². The van der Waals surface area contributed by atoms with Crippen LogP contribution >= 0.6 is 34.8 Å². The largest absolute Gasteiger partial charge is 0.359 e. The average Bonchev–Trinajstić information content (AvgIpc) is 1.65. The zero-order valence-electron chi connectivity index (χ0n) is 49.2. The fourth-order valence-corrected chi connectivity index (χ4v) is 11.9. The van der Waals surface area contributed by atoms with Crippen LogP contribution in [0.1, 0.15) is 62.6 Å². The van der Waals surface area contributed by atoms with Crippen LogP contribution in [-0.4, -0.2) is 112 Å². The summed E-state index contributed by atoms with van der Waals surface area (Å²) in [6, 6.07) is 22.0. The summed E-state index contributed by atoms with van der Waals surface area (Å²) in [6.45, 7) is 9.69. The summed E-state index contributed by atoms with van der Waals surface area (Å²) in [6.07, 6.45) is 20.9. The number of hydrogen-bond donors (Lipinski definition) is 2. The van der Waals surface area contributed by atoms with Crippen LogP contribution in [0.2, 0.25) is 41.1 Å². The maximum absolute atomic E-state index is 13.9. The molecule has 26 heteroatoms. The number of rotatable bonds is 17. The van der Waals surface area contributed by atoms with Gasteiger partial charge in [-0.05, 0) is 135 Å². The van der Waals surface area contributed by atoms with Crippen LogP contribution < -0.4 is 14.7 Å². The van der Waals surface area contributed by atoms with Gasteiger partial charge in [-0.25, -0.2) is 32.8 Å². The Balaban J connectivity index is 0.000000161. The smallest absolute Gasteiger partial charge is 0.231 e. The highest BCUT2D eigenvalue weighted by Gasteiger charge is 2.35. The number of carbonyl (C=O) groups excluding carboxylic acids is 3. The third-order valence-electron chi connectivity index (χ3n) is 15.5. The molecule has 3 atom stereocenters. The molecule has 9 aromatic heterocycles. The minimum atomic E-state index is -1.22. The molecule has 3 aliphatic heterocycles. The van der Waals surface area contributed by atoms with Crippen molar-refractivity contribution in [2.75, 3.05) is 40.9 Å². The lowest BCUT2D eigenvalue weighted by Gasteiger charge is -2.32. The summed E-state index contributed by atoms with van der Waals surface area (Å²) < 4.78 is 48.9. The topological polar surface area (TPSA) is 223 Å². The number of anilines is 3. The second-order valence-corrected chi connectivity index (χ2v) is 29.9. The highest BCUT2D eigenvalue weighted by atomic mass is 35.5. The van der Waals surface area contributed by atoms with Gasteiger partial charge in [-0.15, -0.1) is 0 Å². The number of piperidine rings is 3. The number of hydrogen-bond acceptors (Lipinski definition) is 13. The first-order valence-electron chi connectivity index (χ1n) is 29.3. The highest BCUT2D eigenvalue weighted by molar-refractivity contribution is 6.76. The zero-order chi connectivity index (χ0) is 62.6. The van der Waals surface area contributed by atoms with Crippen molar-refractivity contribution < 1.29 is 32.3 Å². The summed E-state index contributed by atoms with van der Waals surface area (Å²) in [5.41, 5.74) is 7.22. The molecule has 1 unspecified atom stereocenters. The molecule has 0 bridgehead atoms. The van der Waals surface area contributed by atoms with Gasteiger partial charge in [0.1, 0.15) is 12.5 Å². The van der Waals surface area contributed by atoms with Gasteiger partial charge in [0.15, 0.2) is 44.5 Å². The Bertz CT molecular complexity index is 3720. The monoisotopic (exact) mass is 1300 g/mol. The summed E-state index contributed by atoms with van der Waals surface area (Å²) >= 11 is 17.0. The molecule has 3 saturated heterocycles. The van der Waals surface area contributed by atoms with E-state index in [1.807, 2.05) is 54.6 Å². The number of nitrogens with zero attached hydrogens (tertiary/aromatic N) is 13. The molecule has 12 rings (SSSR count). The van der Waals surface area contributed by atoms with Crippen LogP contribution in [0.15, 0.2) is 129 Å². The number of ether oxygens (including phenoxy) is 1. The number of amides is 3. The molecule has 3 amide bonds. The standard InChI is InChI=1S/C25H31ClFN5O2Si.2C19H17ClFN5O.CH4/c1-35(2,3)12-11-34-17-32-23(15-22(30-32)19-6-8-28-9-7-19)31-10-4-5-20(25(31)33)13-18-14-21(27)24(26)29-16-18;2*20-18-15(21)9-12(11-23-18)8-14-2-1-7-26(19(14)27)17-10-16(24-25-17)13-3-5-22-6-4-13;/h6-9,14-16,20H,4-5,10-13,17H2,1-3H3;2*3-6,9-11,14H,1-2,7-8H2,(H,24,25);1H4/t;2*14-;/m.10./s1. The zero-order valence-corrected chi connectivity index (χ0v) is 52.4. The predicted octanol–water partition coefficient (Wildman–Crippen LogP) is 13.4. The first-order chi connectivity index (χ1) is 42.9. The molecule has 90 heavy (non-hydrogen) atoms. The summed E-state index contributed by atoms with van der Waals surface area (Å²) in [7, 11) is -1.22. The summed E-state index contributed by atoms with van der Waals surface area (Å²) in [5, 5.41) is 18.8. The van der Waals surface area contributed by atoms with Gasteiger partial charge in [0.05, 0.1) is 17.1 Å². The number of nitrogens with one attached hydrogen (secondary N) is 2. The van der Waals surface area contributed by atoms with Crippen LogP contribution in [0.25, 0.3) is 33.8 Å². The summed E-state index contributed by atoms with van der Waals surface area (Å²) in [4.78, 5) is 68.2. The fraction of sp³-hybridized carbons (Fsp3) is 0.344. The second-order valence-electron chi connectivity index (χ2n) is 23.2. The SMILES string of the molecule is C.C[Si](C)(C)CCOCn1nc(-c2ccncc2)cc1N1CCCC(Cc2cnc(Cl)c(F)c2)C1=O.O=C1[C@@H](Cc2cnc(Cl)c(F)c2)CCCN1c1cc(-c2ccncc2)[nH]n1.O=C1[C@H](Cc2cnc(Cl)c(F)c2)CCCN1c1cc(-c2ccncc2)[nH]n1. The number of carbonyl (C=O) groups is 3. The molecule has 3 fully saturated rings. The Morgan fingerprint density at radius 2 is 0.922 bits per heavy atom. The van der Waals surface area contributed by atoms with E-state index in [0.717, 1.165) is 78.3 Å². The maximum atomic E-state index is 13.9. The van der Waals surface area contributed by atoms with Crippen LogP contribution in [-0.2, 0) is 45.1 Å². The van der Waals surface area contributed by atoms with Gasteiger partial charge in [-0.2, -0.15) is 15.3 Å². The van der Waals surface area contributed by atoms with E-state index in [4.69, 9.17) is 44.6 Å². The quantitative estimate of drug-likeness (QED) is 0.0492. The molecule has 9 aromatic rings. The lowest BCUT2D eigenvalue weighted by Crippen LogP contribution is -2.43. The second kappa shape index (κ2) is 30.5. The summed E-state index contributed by atoms with van der Waals surface area (Å²) in [5.74, 6) is -0.568. The number of halogens is 6. The maximum Gasteiger partial charge on any atom is 0.231 e. The van der Waals surface area contributed by atoms with E-state index in [2.05, 4.69) is 69.9 Å². The van der Waals surface area contributed by atoms with Gasteiger partial charge in [-0.1, -0.05) is 61.9 Å². The molecule has 3 aliphatic rings. The molecular formula is C64H69Cl3F3N15O4Si. The van der Waals surface area contributed by atoms with Crippen molar-refractivity contribution in [1.82, 2.24) is 60.1 Å². The van der Waals surface area contributed by atoms with E-state index in [1.54, 1.807) is 56.6 Å². The molecular weight excluding hydrogens is 1230 g/mol. The van der Waals surface area contributed by atoms with E-state index < -0.39 is 25.5 Å². The molecule has 12 heterocycles. The molecule has 19 nitrogen and oxygen atoms in total. The normalized spacial score (nSPS) is 16.9. The van der Waals surface area contributed by atoms with E-state index in [9.17, 15) is 27.6 Å². The third kappa shape index (κ3) is 17.0. The minimum Gasteiger partial charge on any atom is -0.359 e. The van der Waals surface area contributed by atoms with Crippen molar-refractivity contribution in [3.8, 4) is 33.8 Å². The van der Waals surface area contributed by atoms with Crippen LogP contribution in [0.3, 0.4) is 0 Å². The van der Waals surface area contributed by atoms with Gasteiger partial charge in [0, 0.05) is 143 Å². The van der Waals surface area contributed by atoms with E-state index in [1.165, 1.54) is 36.8 Å². The highest BCUT2D eigenvalue weighted by Crippen LogP contribution is 2.34. The third-order valence-corrected chi connectivity index (χ3v) is 18.1. The Labute approximate surface area is 535 Å². The fourth-order valence-electron chi connectivity index (χ4n) is 10.8. The number of pyridine rings is 6. The van der Waals surface area contributed by atoms with Crippen molar-refractivity contribution in [2.45, 2.75) is 97.6 Å². The van der Waals surface area contributed by atoms with E-state index in [0.29, 0.717) is 79.6 Å². The Hall–Kier alpha value is -8.22. The molecule has 0 aliphatic carbocycles. The van der Waals surface area contributed by atoms with Crippen LogP contribution in [0.4, 0.5) is 30.6 Å². The first kappa shape index (κ1) is 66.2. The molecule has 0 radical (unpaired) electrons. The lowest BCUT2D eigenvalue weighted by atomic mass is 9.91. The molecule has 0 spiro atoms. The van der Waals surface area contributed by atoms with E-state index in [-0.39, 0.29) is 65.1 Å². The molecule has 0 saturated carbocycles. The number of aromatic amines is 2. The number of H-pyrrole nitrogens is 2. The lowest BCUT2D eigenvalue weighted by molar-refractivity contribution is -0.124. The Morgan fingerprint density at radius 1 is 0.544 bits per heavy atom. The van der Waals surface area contributed by atoms with Gasteiger partial charge in [0.2, 0.25) is 17.7 Å². The van der Waals surface area contributed by atoms with Gasteiger partial charge in [-0.3, -0.25) is 54.2 Å². The van der Waals surface area contributed by atoms with Crippen molar-refractivity contribution in [3.63, 3.8) is 0 Å². The molecule has 2 N–H and O–H groups in total. The first-order valence-corrected chi connectivity index (χ1v) is 34.1. The minimum absolute atomic E-state index is 0. The van der Waals surface area contributed by atoms with Crippen molar-refractivity contribution in [1.29, 1.82) is 0 Å². The van der Waals surface area contributed by atoms with Crippen molar-refractivity contribution in [2.24, 2.45) is 17.8 Å². The van der Waals surface area contributed by atoms with Crippen molar-refractivity contribution >= 4 is 78.1 Å². The molecule has 0 aromatic carbocycles. The predicted molar refractivity (Wildman–Crippen MR) is 344 cm³/mol.